The predicted octanol–water partition coefficient (Wildman–Crippen LogP) is 3.89. The van der Waals surface area contributed by atoms with Crippen molar-refractivity contribution in [1.29, 1.82) is 0 Å². The number of aromatic nitrogens is 3. The fourth-order valence-corrected chi connectivity index (χ4v) is 4.39. The number of nitrogens with one attached hydrogen (secondary N) is 1. The maximum absolute atomic E-state index is 13.0. The summed E-state index contributed by atoms with van der Waals surface area (Å²) in [4.78, 5) is 22.5. The molecule has 1 aliphatic heterocycles. The van der Waals surface area contributed by atoms with Crippen molar-refractivity contribution >= 4 is 16.8 Å². The van der Waals surface area contributed by atoms with Gasteiger partial charge in [0.05, 0.1) is 0 Å². The first-order valence-corrected chi connectivity index (χ1v) is 9.93. The number of benzene rings is 2. The predicted molar refractivity (Wildman–Crippen MR) is 109 cm³/mol. The maximum atomic E-state index is 13.0. The van der Waals surface area contributed by atoms with Gasteiger partial charge in [-0.2, -0.15) is 4.98 Å². The van der Waals surface area contributed by atoms with E-state index in [0.717, 1.165) is 11.9 Å². The third-order valence-electron chi connectivity index (χ3n) is 5.89. The van der Waals surface area contributed by atoms with Crippen LogP contribution >= 0.6 is 0 Å². The van der Waals surface area contributed by atoms with Gasteiger partial charge in [0.2, 0.25) is 12.3 Å². The van der Waals surface area contributed by atoms with Crippen LogP contribution in [-0.4, -0.2) is 39.0 Å². The molecular formula is C23H22N4O2. The minimum absolute atomic E-state index is 0.0492. The fraction of sp³-hybridized carbons (Fsp3) is 0.261. The number of hydrogen-bond acceptors (Lipinski definition) is 4. The van der Waals surface area contributed by atoms with Gasteiger partial charge >= 0.3 is 0 Å². The van der Waals surface area contributed by atoms with Gasteiger partial charge in [-0.3, -0.25) is 4.79 Å². The zero-order valence-electron chi connectivity index (χ0n) is 16.0. The molecule has 0 unspecified atom stereocenters. The Hall–Kier alpha value is -3.41. The van der Waals surface area contributed by atoms with Gasteiger partial charge in [0.1, 0.15) is 0 Å². The molecule has 0 spiro atoms. The second-order valence-electron chi connectivity index (χ2n) is 7.57. The van der Waals surface area contributed by atoms with Gasteiger partial charge in [-0.1, -0.05) is 53.7 Å². The molecule has 3 heterocycles. The Balaban J connectivity index is 1.32. The van der Waals surface area contributed by atoms with E-state index in [2.05, 4.69) is 39.4 Å². The molecule has 0 bridgehead atoms. The molecule has 2 aromatic heterocycles. The number of carbonyl (C=O) groups excluding carboxylic acids is 1. The first-order chi connectivity index (χ1) is 14.3. The van der Waals surface area contributed by atoms with Crippen LogP contribution in [0, 0.1) is 0 Å². The van der Waals surface area contributed by atoms with E-state index < -0.39 is 0 Å². The molecule has 1 saturated heterocycles. The van der Waals surface area contributed by atoms with Crippen molar-refractivity contribution < 1.29 is 9.32 Å². The lowest BCUT2D eigenvalue weighted by molar-refractivity contribution is -0.130. The van der Waals surface area contributed by atoms with Crippen molar-refractivity contribution in [3.8, 4) is 0 Å². The molecule has 4 aromatic rings. The molecule has 146 valence electrons. The van der Waals surface area contributed by atoms with Crippen LogP contribution < -0.4 is 0 Å². The molecule has 2 atom stereocenters. The van der Waals surface area contributed by atoms with Gasteiger partial charge in [0.15, 0.2) is 5.82 Å². The average Bonchev–Trinajstić information content (AvgIpc) is 3.52. The lowest BCUT2D eigenvalue weighted by atomic mass is 9.88. The van der Waals surface area contributed by atoms with Crippen LogP contribution in [0.15, 0.2) is 71.7 Å². The van der Waals surface area contributed by atoms with Crippen LogP contribution in [0.3, 0.4) is 0 Å². The Labute approximate surface area is 168 Å². The largest absolute Gasteiger partial charge is 0.361 e. The molecule has 29 heavy (non-hydrogen) atoms. The highest BCUT2D eigenvalue weighted by molar-refractivity contribution is 5.84. The molecule has 2 aromatic carbocycles. The van der Waals surface area contributed by atoms with E-state index in [1.807, 2.05) is 41.4 Å². The number of para-hydroxylation sites is 1. The molecule has 1 amide bonds. The Kier molecular flexibility index (Phi) is 4.60. The van der Waals surface area contributed by atoms with E-state index in [-0.39, 0.29) is 17.7 Å². The highest BCUT2D eigenvalue weighted by Crippen LogP contribution is 2.38. The molecule has 1 N–H and O–H groups in total. The van der Waals surface area contributed by atoms with Gasteiger partial charge < -0.3 is 14.4 Å². The molecule has 6 nitrogen and oxygen atoms in total. The number of aryl methyl sites for hydroxylation is 1. The highest BCUT2D eigenvalue weighted by Gasteiger charge is 2.39. The monoisotopic (exact) mass is 386 g/mol. The number of likely N-dealkylation sites (tertiary alicyclic amines) is 1. The fourth-order valence-electron chi connectivity index (χ4n) is 4.39. The third-order valence-corrected chi connectivity index (χ3v) is 5.89. The summed E-state index contributed by atoms with van der Waals surface area (Å²) >= 11 is 0. The lowest BCUT2D eigenvalue weighted by Crippen LogP contribution is -2.29. The molecule has 0 saturated carbocycles. The number of rotatable bonds is 5. The maximum Gasteiger partial charge on any atom is 0.222 e. The summed E-state index contributed by atoms with van der Waals surface area (Å²) in [6.07, 6.45) is 4.58. The van der Waals surface area contributed by atoms with Crippen molar-refractivity contribution in [2.24, 2.45) is 0 Å². The second kappa shape index (κ2) is 7.54. The molecule has 1 aliphatic rings. The summed E-state index contributed by atoms with van der Waals surface area (Å²) in [5.74, 6) is 1.06. The molecule has 0 aliphatic carbocycles. The first kappa shape index (κ1) is 17.7. The highest BCUT2D eigenvalue weighted by atomic mass is 16.5. The molecular weight excluding hydrogens is 364 g/mol. The zero-order valence-corrected chi connectivity index (χ0v) is 16.0. The number of amides is 1. The smallest absolute Gasteiger partial charge is 0.222 e. The summed E-state index contributed by atoms with van der Waals surface area (Å²) in [6, 6.07) is 18.5. The topological polar surface area (TPSA) is 75.0 Å². The number of H-pyrrole nitrogens is 1. The minimum Gasteiger partial charge on any atom is -0.361 e. The van der Waals surface area contributed by atoms with Crippen molar-refractivity contribution in [3.63, 3.8) is 0 Å². The SMILES string of the molecule is O=C(CCc1c[nH]c2ccccc12)N1C[C@H](c2ccccc2)[C@H](c2ncon2)C1. The van der Waals surface area contributed by atoms with Crippen LogP contribution in [0.2, 0.25) is 0 Å². The van der Waals surface area contributed by atoms with E-state index in [4.69, 9.17) is 4.52 Å². The molecule has 0 radical (unpaired) electrons. The average molecular weight is 386 g/mol. The Morgan fingerprint density at radius 3 is 2.69 bits per heavy atom. The van der Waals surface area contributed by atoms with Crippen LogP contribution in [0.4, 0.5) is 0 Å². The van der Waals surface area contributed by atoms with Crippen molar-refractivity contribution in [2.75, 3.05) is 13.1 Å². The quantitative estimate of drug-likeness (QED) is 0.565. The lowest BCUT2D eigenvalue weighted by Gasteiger charge is -2.16. The van der Waals surface area contributed by atoms with Gasteiger partial charge in [0, 0.05) is 48.4 Å². The number of fused-ring (bicyclic) bond motifs is 1. The molecule has 5 rings (SSSR count). The van der Waals surface area contributed by atoms with Crippen LogP contribution in [0.1, 0.15) is 35.2 Å². The number of hydrogen-bond donors (Lipinski definition) is 1. The summed E-state index contributed by atoms with van der Waals surface area (Å²) in [7, 11) is 0. The van der Waals surface area contributed by atoms with Crippen molar-refractivity contribution in [2.45, 2.75) is 24.7 Å². The zero-order chi connectivity index (χ0) is 19.6. The van der Waals surface area contributed by atoms with Crippen molar-refractivity contribution in [3.05, 3.63) is 84.1 Å². The molecule has 6 heteroatoms. The summed E-state index contributed by atoms with van der Waals surface area (Å²) in [5, 5.41) is 5.25. The Bertz CT molecular complexity index is 1100. The van der Waals surface area contributed by atoms with Gasteiger partial charge in [0.25, 0.3) is 0 Å². The third kappa shape index (κ3) is 3.42. The van der Waals surface area contributed by atoms with Crippen molar-refractivity contribution in [1.82, 2.24) is 20.0 Å². The molecule has 1 fully saturated rings. The summed E-state index contributed by atoms with van der Waals surface area (Å²) < 4.78 is 4.98. The van der Waals surface area contributed by atoms with Crippen LogP contribution in [-0.2, 0) is 11.2 Å². The Morgan fingerprint density at radius 2 is 1.86 bits per heavy atom. The van der Waals surface area contributed by atoms with E-state index in [1.165, 1.54) is 22.9 Å². The summed E-state index contributed by atoms with van der Waals surface area (Å²) in [6.45, 7) is 1.29. The normalized spacial score (nSPS) is 19.1. The van der Waals surface area contributed by atoms with E-state index in [9.17, 15) is 4.79 Å². The van der Waals surface area contributed by atoms with Crippen LogP contribution in [0.25, 0.3) is 10.9 Å². The van der Waals surface area contributed by atoms with E-state index in [1.54, 1.807) is 0 Å². The first-order valence-electron chi connectivity index (χ1n) is 9.93. The van der Waals surface area contributed by atoms with E-state index >= 15 is 0 Å². The van der Waals surface area contributed by atoms with Crippen LogP contribution in [0.5, 0.6) is 0 Å². The van der Waals surface area contributed by atoms with Gasteiger partial charge in [-0.05, 0) is 23.6 Å². The number of carbonyl (C=O) groups is 1. The second-order valence-corrected chi connectivity index (χ2v) is 7.57. The number of aromatic amines is 1. The van der Waals surface area contributed by atoms with Gasteiger partial charge in [-0.25, -0.2) is 0 Å². The number of nitrogens with zero attached hydrogens (tertiary/aromatic N) is 3. The van der Waals surface area contributed by atoms with Gasteiger partial charge in [-0.15, -0.1) is 0 Å². The summed E-state index contributed by atoms with van der Waals surface area (Å²) in [5.41, 5.74) is 3.49. The standard InChI is InChI=1S/C23H22N4O2/c28-22(11-10-17-12-24-21-9-5-4-8-18(17)21)27-13-19(16-6-2-1-3-7-16)20(14-27)23-25-15-29-26-23/h1-9,12,15,19-20,24H,10-11,13-14H2/t19-,20-/m1/s1. The van der Waals surface area contributed by atoms with E-state index in [0.29, 0.717) is 25.3 Å². The minimum atomic E-state index is 0.0492. The Morgan fingerprint density at radius 1 is 1.07 bits per heavy atom.